The van der Waals surface area contributed by atoms with Crippen LogP contribution >= 0.6 is 11.8 Å². The molecule has 0 saturated carbocycles. The first kappa shape index (κ1) is 23.3. The molecule has 0 saturated heterocycles. The molecule has 8 heteroatoms. The SMILES string of the molecule is COc1ccc(/C(C)=N/NC(=O)CSc2nc3ccccc3c(=O)n2-c2ccc(C)cc2)cc1. The predicted molar refractivity (Wildman–Crippen MR) is 136 cm³/mol. The molecule has 34 heavy (non-hydrogen) atoms. The monoisotopic (exact) mass is 472 g/mol. The lowest BCUT2D eigenvalue weighted by Gasteiger charge is -2.13. The van der Waals surface area contributed by atoms with Gasteiger partial charge in [0.15, 0.2) is 5.16 Å². The second-order valence-corrected chi connectivity index (χ2v) is 8.58. The second kappa shape index (κ2) is 10.4. The fourth-order valence-corrected chi connectivity index (χ4v) is 4.14. The number of carbonyl (C=O) groups is 1. The Labute approximate surface area is 201 Å². The molecule has 0 bridgehead atoms. The second-order valence-electron chi connectivity index (χ2n) is 7.64. The lowest BCUT2D eigenvalue weighted by atomic mass is 10.1. The number of hydrazone groups is 1. The number of thioether (sulfide) groups is 1. The summed E-state index contributed by atoms with van der Waals surface area (Å²) >= 11 is 1.19. The van der Waals surface area contributed by atoms with E-state index < -0.39 is 0 Å². The summed E-state index contributed by atoms with van der Waals surface area (Å²) in [6.07, 6.45) is 0. The number of rotatable bonds is 7. The molecule has 3 aromatic carbocycles. The van der Waals surface area contributed by atoms with Crippen molar-refractivity contribution in [1.29, 1.82) is 0 Å². The molecular weight excluding hydrogens is 448 g/mol. The summed E-state index contributed by atoms with van der Waals surface area (Å²) in [5, 5.41) is 5.16. The van der Waals surface area contributed by atoms with Crippen LogP contribution in [0.5, 0.6) is 5.75 Å². The molecule has 0 radical (unpaired) electrons. The highest BCUT2D eigenvalue weighted by atomic mass is 32.2. The van der Waals surface area contributed by atoms with Crippen LogP contribution in [0.3, 0.4) is 0 Å². The molecule has 0 atom stereocenters. The first-order valence-corrected chi connectivity index (χ1v) is 11.6. The number of aromatic nitrogens is 2. The molecule has 0 unspecified atom stereocenters. The number of nitrogens with zero attached hydrogens (tertiary/aromatic N) is 3. The van der Waals surface area contributed by atoms with Gasteiger partial charge in [0.2, 0.25) is 0 Å². The topological polar surface area (TPSA) is 85.6 Å². The highest BCUT2D eigenvalue weighted by molar-refractivity contribution is 7.99. The standard InChI is InChI=1S/C26H24N4O3S/c1-17-8-12-20(13-9-17)30-25(32)22-6-4-5-7-23(22)27-26(30)34-16-24(31)29-28-18(2)19-10-14-21(33-3)15-11-19/h4-15H,16H2,1-3H3,(H,29,31)/b28-18+. The summed E-state index contributed by atoms with van der Waals surface area (Å²) in [5.74, 6) is 0.506. The van der Waals surface area contributed by atoms with Crippen LogP contribution in [0.1, 0.15) is 18.1 Å². The average Bonchev–Trinajstić information content (AvgIpc) is 2.87. The van der Waals surface area contributed by atoms with E-state index in [9.17, 15) is 9.59 Å². The number of benzene rings is 3. The summed E-state index contributed by atoms with van der Waals surface area (Å²) in [6.45, 7) is 3.80. The van der Waals surface area contributed by atoms with Crippen molar-refractivity contribution < 1.29 is 9.53 Å². The van der Waals surface area contributed by atoms with Crippen LogP contribution in [-0.2, 0) is 4.79 Å². The van der Waals surface area contributed by atoms with Gasteiger partial charge in [-0.2, -0.15) is 5.10 Å². The van der Waals surface area contributed by atoms with Gasteiger partial charge in [0, 0.05) is 0 Å². The van der Waals surface area contributed by atoms with E-state index in [1.54, 1.807) is 23.8 Å². The number of nitrogens with one attached hydrogen (secondary N) is 1. The minimum Gasteiger partial charge on any atom is -0.497 e. The third-order valence-electron chi connectivity index (χ3n) is 5.23. The molecule has 0 aliphatic heterocycles. The lowest BCUT2D eigenvalue weighted by molar-refractivity contribution is -0.118. The van der Waals surface area contributed by atoms with Crippen molar-refractivity contribution in [2.75, 3.05) is 12.9 Å². The van der Waals surface area contributed by atoms with E-state index in [1.165, 1.54) is 11.8 Å². The Morgan fingerprint density at radius 1 is 1.06 bits per heavy atom. The maximum absolute atomic E-state index is 13.3. The number of ether oxygens (including phenoxy) is 1. The Morgan fingerprint density at radius 3 is 2.47 bits per heavy atom. The van der Waals surface area contributed by atoms with Crippen molar-refractivity contribution in [3.63, 3.8) is 0 Å². The molecule has 1 N–H and O–H groups in total. The van der Waals surface area contributed by atoms with Gasteiger partial charge >= 0.3 is 0 Å². The summed E-state index contributed by atoms with van der Waals surface area (Å²) in [7, 11) is 1.61. The molecule has 0 aliphatic rings. The van der Waals surface area contributed by atoms with E-state index in [1.807, 2.05) is 74.5 Å². The van der Waals surface area contributed by atoms with E-state index in [0.29, 0.717) is 27.5 Å². The van der Waals surface area contributed by atoms with Crippen molar-refractivity contribution >= 4 is 34.3 Å². The molecule has 0 spiro atoms. The highest BCUT2D eigenvalue weighted by Gasteiger charge is 2.15. The zero-order valence-electron chi connectivity index (χ0n) is 19.1. The van der Waals surface area contributed by atoms with Crippen molar-refractivity contribution in [3.05, 3.63) is 94.3 Å². The van der Waals surface area contributed by atoms with Crippen molar-refractivity contribution in [1.82, 2.24) is 15.0 Å². The van der Waals surface area contributed by atoms with Crippen LogP contribution < -0.4 is 15.7 Å². The number of amides is 1. The number of aryl methyl sites for hydroxylation is 1. The molecule has 4 rings (SSSR count). The molecule has 4 aromatic rings. The number of hydrogen-bond acceptors (Lipinski definition) is 6. The number of carbonyl (C=O) groups excluding carboxylic acids is 1. The van der Waals surface area contributed by atoms with E-state index in [0.717, 1.165) is 16.9 Å². The number of methoxy groups -OCH3 is 1. The summed E-state index contributed by atoms with van der Waals surface area (Å²) < 4.78 is 6.71. The zero-order valence-corrected chi connectivity index (χ0v) is 19.9. The third-order valence-corrected chi connectivity index (χ3v) is 6.16. The number of hydrogen-bond donors (Lipinski definition) is 1. The minimum absolute atomic E-state index is 0.0516. The summed E-state index contributed by atoms with van der Waals surface area (Å²) in [6, 6.07) is 22.2. The van der Waals surface area contributed by atoms with Crippen molar-refractivity contribution in [3.8, 4) is 11.4 Å². The van der Waals surface area contributed by atoms with Gasteiger partial charge in [-0.15, -0.1) is 0 Å². The van der Waals surface area contributed by atoms with Gasteiger partial charge < -0.3 is 4.74 Å². The Balaban J connectivity index is 1.55. The van der Waals surface area contributed by atoms with E-state index in [4.69, 9.17) is 4.74 Å². The van der Waals surface area contributed by atoms with Crippen LogP contribution in [0, 0.1) is 6.92 Å². The number of para-hydroxylation sites is 1. The Kier molecular flexibility index (Phi) is 7.08. The molecule has 1 heterocycles. The molecule has 1 amide bonds. The van der Waals surface area contributed by atoms with Gasteiger partial charge in [0.25, 0.3) is 11.5 Å². The fraction of sp³-hybridized carbons (Fsp3) is 0.154. The molecule has 0 fully saturated rings. The maximum atomic E-state index is 13.3. The van der Waals surface area contributed by atoms with Gasteiger partial charge in [0.05, 0.1) is 35.2 Å². The van der Waals surface area contributed by atoms with Crippen LogP contribution in [0.4, 0.5) is 0 Å². The summed E-state index contributed by atoms with van der Waals surface area (Å²) in [5.41, 5.74) is 6.32. The quantitative estimate of drug-likeness (QED) is 0.187. The zero-order chi connectivity index (χ0) is 24.1. The molecule has 1 aromatic heterocycles. The fourth-order valence-electron chi connectivity index (χ4n) is 3.34. The Morgan fingerprint density at radius 2 is 1.76 bits per heavy atom. The van der Waals surface area contributed by atoms with E-state index in [-0.39, 0.29) is 17.2 Å². The first-order valence-electron chi connectivity index (χ1n) is 10.7. The van der Waals surface area contributed by atoms with Crippen LogP contribution in [0.25, 0.3) is 16.6 Å². The van der Waals surface area contributed by atoms with Crippen LogP contribution in [0.2, 0.25) is 0 Å². The molecular formula is C26H24N4O3S. The van der Waals surface area contributed by atoms with Gasteiger partial charge in [0.1, 0.15) is 5.75 Å². The normalized spacial score (nSPS) is 11.4. The van der Waals surface area contributed by atoms with E-state index >= 15 is 0 Å². The molecule has 172 valence electrons. The van der Waals surface area contributed by atoms with E-state index in [2.05, 4.69) is 15.5 Å². The van der Waals surface area contributed by atoms with Gasteiger partial charge in [-0.3, -0.25) is 14.2 Å². The third kappa shape index (κ3) is 5.18. The smallest absolute Gasteiger partial charge is 0.266 e. The van der Waals surface area contributed by atoms with Crippen LogP contribution in [0.15, 0.2) is 87.8 Å². The first-order chi connectivity index (χ1) is 16.5. The molecule has 7 nitrogen and oxygen atoms in total. The predicted octanol–water partition coefficient (Wildman–Crippen LogP) is 4.34. The minimum atomic E-state index is -0.296. The Bertz CT molecular complexity index is 1410. The van der Waals surface area contributed by atoms with Gasteiger partial charge in [-0.05, 0) is 67.9 Å². The Hall–Kier alpha value is -3.91. The van der Waals surface area contributed by atoms with Crippen molar-refractivity contribution in [2.45, 2.75) is 19.0 Å². The van der Waals surface area contributed by atoms with Crippen LogP contribution in [-0.4, -0.2) is 34.0 Å². The van der Waals surface area contributed by atoms with Gasteiger partial charge in [-0.25, -0.2) is 10.4 Å². The maximum Gasteiger partial charge on any atom is 0.266 e. The average molecular weight is 473 g/mol. The lowest BCUT2D eigenvalue weighted by Crippen LogP contribution is -2.24. The highest BCUT2D eigenvalue weighted by Crippen LogP contribution is 2.21. The van der Waals surface area contributed by atoms with Crippen molar-refractivity contribution in [2.24, 2.45) is 5.10 Å². The largest absolute Gasteiger partial charge is 0.497 e. The number of fused-ring (bicyclic) bond motifs is 1. The summed E-state index contributed by atoms with van der Waals surface area (Å²) in [4.78, 5) is 30.5. The molecule has 0 aliphatic carbocycles. The van der Waals surface area contributed by atoms with Gasteiger partial charge in [-0.1, -0.05) is 41.6 Å².